The number of hydrogen-bond donors (Lipinski definition) is 0. The maximum absolute atomic E-state index is 11.0. The summed E-state index contributed by atoms with van der Waals surface area (Å²) in [5.41, 5.74) is 0.798. The molecular formula is C10H12BrN5O2. The molecule has 0 saturated carbocycles. The van der Waals surface area contributed by atoms with E-state index in [2.05, 4.69) is 19.9 Å². The van der Waals surface area contributed by atoms with Crippen molar-refractivity contribution in [2.24, 2.45) is 7.05 Å². The van der Waals surface area contributed by atoms with Crippen molar-refractivity contribution >= 4 is 5.97 Å². The number of ether oxygens (including phenoxy) is 1. The lowest BCUT2D eigenvalue weighted by Gasteiger charge is -1.94. The summed E-state index contributed by atoms with van der Waals surface area (Å²) in [6, 6.07) is 1.80. The van der Waals surface area contributed by atoms with Crippen LogP contribution in [0.2, 0.25) is 0 Å². The minimum atomic E-state index is -0.341. The first-order valence-electron chi connectivity index (χ1n) is 4.97. The number of esters is 1. The molecule has 0 radical (unpaired) electrons. The van der Waals surface area contributed by atoms with Crippen LogP contribution in [0.25, 0.3) is 11.4 Å². The summed E-state index contributed by atoms with van der Waals surface area (Å²) in [6.07, 6.45) is 4.91. The van der Waals surface area contributed by atoms with Gasteiger partial charge >= 0.3 is 5.97 Å². The number of hydrogen-bond acceptors (Lipinski definition) is 5. The molecule has 0 aliphatic heterocycles. The van der Waals surface area contributed by atoms with Crippen LogP contribution in [-0.2, 0) is 23.1 Å². The zero-order valence-electron chi connectivity index (χ0n) is 9.95. The standard InChI is InChI=1S/C10H12N5O2.BrH/c1-14-7-11-10(13-14)8-3-4-15(12-5-8)6-9(16)17-2;/h3-5,7H,6H2,1-2H3;1H/q+1;/p-1. The summed E-state index contributed by atoms with van der Waals surface area (Å²) in [5.74, 6) is 0.261. The largest absolute Gasteiger partial charge is 1.00 e. The average Bonchev–Trinajstić information content (AvgIpc) is 2.77. The smallest absolute Gasteiger partial charge is 0.374 e. The Labute approximate surface area is 114 Å². The molecule has 2 aromatic heterocycles. The van der Waals surface area contributed by atoms with Gasteiger partial charge in [-0.1, -0.05) is 4.68 Å². The molecule has 96 valence electrons. The highest BCUT2D eigenvalue weighted by molar-refractivity contribution is 5.67. The van der Waals surface area contributed by atoms with Crippen LogP contribution >= 0.6 is 0 Å². The molecule has 18 heavy (non-hydrogen) atoms. The molecule has 2 rings (SSSR count). The van der Waals surface area contributed by atoms with Crippen molar-refractivity contribution < 1.29 is 31.2 Å². The minimum absolute atomic E-state index is 0. The Morgan fingerprint density at radius 3 is 2.83 bits per heavy atom. The molecule has 7 nitrogen and oxygen atoms in total. The Morgan fingerprint density at radius 1 is 1.56 bits per heavy atom. The van der Waals surface area contributed by atoms with E-state index in [4.69, 9.17) is 0 Å². The molecule has 2 heterocycles. The topological polar surface area (TPSA) is 73.8 Å². The molecule has 0 aliphatic rings. The van der Waals surface area contributed by atoms with Crippen LogP contribution in [-0.4, -0.2) is 32.9 Å². The molecule has 0 unspecified atom stereocenters. The number of carbonyl (C=O) groups is 1. The van der Waals surface area contributed by atoms with Gasteiger partial charge in [0.15, 0.2) is 12.0 Å². The van der Waals surface area contributed by atoms with E-state index in [0.29, 0.717) is 5.82 Å². The second kappa shape index (κ2) is 6.20. The normalized spacial score (nSPS) is 9.67. The second-order valence-electron chi connectivity index (χ2n) is 3.43. The van der Waals surface area contributed by atoms with Crippen molar-refractivity contribution in [3.63, 3.8) is 0 Å². The number of rotatable bonds is 3. The van der Waals surface area contributed by atoms with Gasteiger partial charge < -0.3 is 21.7 Å². The van der Waals surface area contributed by atoms with Gasteiger partial charge in [-0.3, -0.25) is 4.68 Å². The zero-order chi connectivity index (χ0) is 12.3. The van der Waals surface area contributed by atoms with Gasteiger partial charge in [-0.15, -0.1) is 0 Å². The summed E-state index contributed by atoms with van der Waals surface area (Å²) >= 11 is 0. The lowest BCUT2D eigenvalue weighted by molar-refractivity contribution is -0.743. The Bertz CT molecular complexity index is 525. The summed E-state index contributed by atoms with van der Waals surface area (Å²) in [5, 5.41) is 8.23. The predicted octanol–water partition coefficient (Wildman–Crippen LogP) is -3.66. The van der Waals surface area contributed by atoms with E-state index in [1.807, 2.05) is 0 Å². The first-order chi connectivity index (χ1) is 8.19. The van der Waals surface area contributed by atoms with Gasteiger partial charge in [0.05, 0.1) is 12.7 Å². The SMILES string of the molecule is COC(=O)C[n+]1ccc(-c2ncn(C)n2)cn1.[Br-]. The molecule has 8 heteroatoms. The van der Waals surface area contributed by atoms with Gasteiger partial charge in [-0.05, 0) is 5.10 Å². The maximum atomic E-state index is 11.0. The molecule has 0 saturated heterocycles. The monoisotopic (exact) mass is 313 g/mol. The lowest BCUT2D eigenvalue weighted by Crippen LogP contribution is -3.00. The van der Waals surface area contributed by atoms with Crippen molar-refractivity contribution in [3.8, 4) is 11.4 Å². The van der Waals surface area contributed by atoms with Crippen LogP contribution in [0.4, 0.5) is 0 Å². The summed E-state index contributed by atoms with van der Waals surface area (Å²) < 4.78 is 7.64. The molecule has 0 fully saturated rings. The first-order valence-corrected chi connectivity index (χ1v) is 4.97. The van der Waals surface area contributed by atoms with Gasteiger partial charge in [0.1, 0.15) is 12.5 Å². The fraction of sp³-hybridized carbons (Fsp3) is 0.300. The van der Waals surface area contributed by atoms with Gasteiger partial charge in [0.2, 0.25) is 0 Å². The highest BCUT2D eigenvalue weighted by atomic mass is 79.9. The van der Waals surface area contributed by atoms with E-state index < -0.39 is 0 Å². The second-order valence-corrected chi connectivity index (χ2v) is 3.43. The summed E-state index contributed by atoms with van der Waals surface area (Å²) in [6.45, 7) is 0.0897. The van der Waals surface area contributed by atoms with E-state index in [0.717, 1.165) is 5.56 Å². The molecule has 0 aromatic carbocycles. The highest BCUT2D eigenvalue weighted by Crippen LogP contribution is 2.09. The summed E-state index contributed by atoms with van der Waals surface area (Å²) in [7, 11) is 3.14. The summed E-state index contributed by atoms with van der Waals surface area (Å²) in [4.78, 5) is 15.1. The Balaban J connectivity index is 0.00000162. The van der Waals surface area contributed by atoms with E-state index in [1.165, 1.54) is 11.8 Å². The van der Waals surface area contributed by atoms with Gasteiger partial charge in [0, 0.05) is 13.1 Å². The van der Waals surface area contributed by atoms with Crippen LogP contribution < -0.4 is 21.7 Å². The fourth-order valence-electron chi connectivity index (χ4n) is 1.28. The van der Waals surface area contributed by atoms with Gasteiger partial charge in [0.25, 0.3) is 6.54 Å². The van der Waals surface area contributed by atoms with Crippen molar-refractivity contribution in [2.45, 2.75) is 6.54 Å². The molecule has 0 bridgehead atoms. The highest BCUT2D eigenvalue weighted by Gasteiger charge is 2.12. The third kappa shape index (κ3) is 3.33. The molecule has 2 aromatic rings. The quantitative estimate of drug-likeness (QED) is 0.431. The Kier molecular flexibility index (Phi) is 4.90. The molecular weight excluding hydrogens is 302 g/mol. The third-order valence-corrected chi connectivity index (χ3v) is 2.15. The van der Waals surface area contributed by atoms with Crippen LogP contribution in [0.1, 0.15) is 0 Å². The van der Waals surface area contributed by atoms with Gasteiger partial charge in [-0.25, -0.2) is 9.78 Å². The Hall–Kier alpha value is -1.83. The number of aryl methyl sites for hydroxylation is 1. The van der Waals surface area contributed by atoms with Crippen molar-refractivity contribution in [3.05, 3.63) is 24.8 Å². The van der Waals surface area contributed by atoms with E-state index in [1.54, 1.807) is 36.5 Å². The van der Waals surface area contributed by atoms with Crippen LogP contribution in [0.5, 0.6) is 0 Å². The number of aromatic nitrogens is 5. The Morgan fingerprint density at radius 2 is 2.33 bits per heavy atom. The maximum Gasteiger partial charge on any atom is 0.374 e. The van der Waals surface area contributed by atoms with Gasteiger partial charge in [-0.2, -0.15) is 5.10 Å². The number of halogens is 1. The van der Waals surface area contributed by atoms with Crippen LogP contribution in [0.15, 0.2) is 24.8 Å². The first kappa shape index (κ1) is 14.2. The van der Waals surface area contributed by atoms with E-state index >= 15 is 0 Å². The third-order valence-electron chi connectivity index (χ3n) is 2.15. The van der Waals surface area contributed by atoms with Crippen molar-refractivity contribution in [2.75, 3.05) is 7.11 Å². The van der Waals surface area contributed by atoms with Crippen molar-refractivity contribution in [1.29, 1.82) is 0 Å². The number of nitrogens with zero attached hydrogens (tertiary/aromatic N) is 5. The minimum Gasteiger partial charge on any atom is -1.00 e. The molecule has 0 atom stereocenters. The molecule has 0 aliphatic carbocycles. The van der Waals surface area contributed by atoms with Crippen LogP contribution in [0.3, 0.4) is 0 Å². The molecule has 0 amide bonds. The molecule has 0 spiro atoms. The fourth-order valence-corrected chi connectivity index (χ4v) is 1.28. The molecule has 0 N–H and O–H groups in total. The zero-order valence-corrected chi connectivity index (χ0v) is 11.5. The average molecular weight is 314 g/mol. The van der Waals surface area contributed by atoms with Crippen LogP contribution in [0, 0.1) is 0 Å². The van der Waals surface area contributed by atoms with E-state index in [9.17, 15) is 4.79 Å². The van der Waals surface area contributed by atoms with E-state index in [-0.39, 0.29) is 29.5 Å². The number of carbonyl (C=O) groups excluding carboxylic acids is 1. The lowest BCUT2D eigenvalue weighted by atomic mass is 10.3. The predicted molar refractivity (Wildman–Crippen MR) is 56.4 cm³/mol. The van der Waals surface area contributed by atoms with Crippen molar-refractivity contribution in [1.82, 2.24) is 19.9 Å². The number of methoxy groups -OCH3 is 1.